The molecule has 98 valence electrons. The second kappa shape index (κ2) is 6.81. The Morgan fingerprint density at radius 1 is 1.39 bits per heavy atom. The van der Waals surface area contributed by atoms with Gasteiger partial charge in [-0.1, -0.05) is 19.1 Å². The maximum atomic E-state index is 11.9. The van der Waals surface area contributed by atoms with E-state index in [2.05, 4.69) is 17.6 Å². The highest BCUT2D eigenvalue weighted by molar-refractivity contribution is 7.98. The van der Waals surface area contributed by atoms with E-state index in [0.717, 1.165) is 36.7 Å². The van der Waals surface area contributed by atoms with Crippen LogP contribution in [0.5, 0.6) is 0 Å². The Kier molecular flexibility index (Phi) is 5.08. The van der Waals surface area contributed by atoms with Gasteiger partial charge in [0.1, 0.15) is 0 Å². The summed E-state index contributed by atoms with van der Waals surface area (Å²) < 4.78 is 0. The summed E-state index contributed by atoms with van der Waals surface area (Å²) in [5.74, 6) is 2.79. The second-order valence-electron chi connectivity index (χ2n) is 4.57. The number of carbonyl (C=O) groups excluding carboxylic acids is 1. The first kappa shape index (κ1) is 13.4. The topological polar surface area (TPSA) is 41.1 Å². The van der Waals surface area contributed by atoms with Crippen molar-refractivity contribution in [3.05, 3.63) is 35.4 Å². The molecule has 1 fully saturated rings. The van der Waals surface area contributed by atoms with Gasteiger partial charge in [-0.05, 0) is 23.4 Å². The molecule has 0 unspecified atom stereocenters. The molecule has 0 spiro atoms. The van der Waals surface area contributed by atoms with Crippen molar-refractivity contribution in [2.24, 2.45) is 5.92 Å². The summed E-state index contributed by atoms with van der Waals surface area (Å²) in [6.07, 6.45) is 0. The maximum absolute atomic E-state index is 11.9. The van der Waals surface area contributed by atoms with Crippen molar-refractivity contribution < 1.29 is 4.79 Å². The molecule has 1 aliphatic heterocycles. The zero-order chi connectivity index (χ0) is 12.8. The average molecular weight is 264 g/mol. The lowest BCUT2D eigenvalue weighted by Crippen LogP contribution is -2.48. The van der Waals surface area contributed by atoms with Crippen molar-refractivity contribution in [1.82, 2.24) is 10.6 Å². The molecule has 0 aromatic heterocycles. The van der Waals surface area contributed by atoms with Crippen LogP contribution in [0.4, 0.5) is 0 Å². The predicted molar refractivity (Wildman–Crippen MR) is 77.0 cm³/mol. The van der Waals surface area contributed by atoms with Crippen LogP contribution >= 0.6 is 11.8 Å². The lowest BCUT2D eigenvalue weighted by atomic mass is 10.0. The van der Waals surface area contributed by atoms with E-state index in [1.807, 2.05) is 36.0 Å². The van der Waals surface area contributed by atoms with E-state index in [-0.39, 0.29) is 5.91 Å². The standard InChI is InChI=1S/C14H20N2OS/c1-2-18-10-11-3-5-13(6-4-11)14(17)16-9-12-7-15-8-12/h3-6,12,15H,2,7-10H2,1H3,(H,16,17). The minimum Gasteiger partial charge on any atom is -0.352 e. The zero-order valence-electron chi connectivity index (χ0n) is 10.7. The normalized spacial score (nSPS) is 15.2. The highest BCUT2D eigenvalue weighted by Gasteiger charge is 2.17. The molecule has 1 aromatic rings. The average Bonchev–Trinajstić information content (AvgIpc) is 2.35. The summed E-state index contributed by atoms with van der Waals surface area (Å²) in [5, 5.41) is 6.18. The highest BCUT2D eigenvalue weighted by atomic mass is 32.2. The summed E-state index contributed by atoms with van der Waals surface area (Å²) in [7, 11) is 0. The Bertz CT molecular complexity index is 387. The molecule has 0 bridgehead atoms. The molecule has 0 atom stereocenters. The zero-order valence-corrected chi connectivity index (χ0v) is 11.6. The molecule has 1 aromatic carbocycles. The number of carbonyl (C=O) groups is 1. The fraction of sp³-hybridized carbons (Fsp3) is 0.500. The fourth-order valence-corrected chi connectivity index (χ4v) is 2.44. The number of hydrogen-bond donors (Lipinski definition) is 2. The van der Waals surface area contributed by atoms with E-state index in [1.54, 1.807) is 0 Å². The molecule has 1 saturated heterocycles. The van der Waals surface area contributed by atoms with Gasteiger partial charge in [0.25, 0.3) is 5.91 Å². The van der Waals surface area contributed by atoms with Crippen LogP contribution in [0.2, 0.25) is 0 Å². The third-order valence-electron chi connectivity index (χ3n) is 3.11. The Morgan fingerprint density at radius 2 is 2.11 bits per heavy atom. The largest absolute Gasteiger partial charge is 0.352 e. The van der Waals surface area contributed by atoms with Gasteiger partial charge >= 0.3 is 0 Å². The van der Waals surface area contributed by atoms with Gasteiger partial charge in [0, 0.05) is 36.9 Å². The Hall–Kier alpha value is -1.00. The number of thioether (sulfide) groups is 1. The van der Waals surface area contributed by atoms with Crippen molar-refractivity contribution in [1.29, 1.82) is 0 Å². The molecule has 1 amide bonds. The second-order valence-corrected chi connectivity index (χ2v) is 5.84. The van der Waals surface area contributed by atoms with Gasteiger partial charge in [-0.25, -0.2) is 0 Å². The quantitative estimate of drug-likeness (QED) is 0.824. The summed E-state index contributed by atoms with van der Waals surface area (Å²) in [5.41, 5.74) is 2.04. The van der Waals surface area contributed by atoms with Crippen molar-refractivity contribution in [2.45, 2.75) is 12.7 Å². The van der Waals surface area contributed by atoms with E-state index in [9.17, 15) is 4.79 Å². The van der Waals surface area contributed by atoms with Gasteiger partial charge in [-0.3, -0.25) is 4.79 Å². The molecule has 0 saturated carbocycles. The van der Waals surface area contributed by atoms with E-state index < -0.39 is 0 Å². The smallest absolute Gasteiger partial charge is 0.251 e. The molecule has 2 rings (SSSR count). The monoisotopic (exact) mass is 264 g/mol. The predicted octanol–water partition coefficient (Wildman–Crippen LogP) is 1.89. The molecule has 3 nitrogen and oxygen atoms in total. The molecule has 4 heteroatoms. The number of amides is 1. The molecule has 0 aliphatic carbocycles. The minimum atomic E-state index is 0.0385. The van der Waals surface area contributed by atoms with Crippen LogP contribution in [0.25, 0.3) is 0 Å². The van der Waals surface area contributed by atoms with Crippen LogP contribution in [0.3, 0.4) is 0 Å². The summed E-state index contributed by atoms with van der Waals surface area (Å²) in [4.78, 5) is 11.9. The molecule has 1 aliphatic rings. The summed E-state index contributed by atoms with van der Waals surface area (Å²) >= 11 is 1.89. The Morgan fingerprint density at radius 3 is 2.67 bits per heavy atom. The molecule has 1 heterocycles. The van der Waals surface area contributed by atoms with Crippen LogP contribution < -0.4 is 10.6 Å². The van der Waals surface area contributed by atoms with Crippen molar-refractivity contribution in [3.63, 3.8) is 0 Å². The van der Waals surface area contributed by atoms with Crippen LogP contribution in [0.1, 0.15) is 22.8 Å². The number of hydrogen-bond acceptors (Lipinski definition) is 3. The molecular formula is C14H20N2OS. The number of rotatable bonds is 6. The number of nitrogens with one attached hydrogen (secondary N) is 2. The van der Waals surface area contributed by atoms with E-state index in [1.165, 1.54) is 5.56 Å². The molecule has 0 radical (unpaired) electrons. The van der Waals surface area contributed by atoms with E-state index in [0.29, 0.717) is 5.92 Å². The number of benzene rings is 1. The maximum Gasteiger partial charge on any atom is 0.251 e. The van der Waals surface area contributed by atoms with E-state index in [4.69, 9.17) is 0 Å². The van der Waals surface area contributed by atoms with Crippen molar-refractivity contribution >= 4 is 17.7 Å². The van der Waals surface area contributed by atoms with Crippen molar-refractivity contribution in [2.75, 3.05) is 25.4 Å². The summed E-state index contributed by atoms with van der Waals surface area (Å²) in [6.45, 7) is 4.97. The van der Waals surface area contributed by atoms with Gasteiger partial charge in [-0.2, -0.15) is 11.8 Å². The third-order valence-corrected chi connectivity index (χ3v) is 4.05. The van der Waals surface area contributed by atoms with E-state index >= 15 is 0 Å². The van der Waals surface area contributed by atoms with Gasteiger partial charge in [0.15, 0.2) is 0 Å². The first-order valence-electron chi connectivity index (χ1n) is 6.45. The van der Waals surface area contributed by atoms with Crippen LogP contribution in [-0.2, 0) is 5.75 Å². The molecule has 2 N–H and O–H groups in total. The Labute approximate surface area is 113 Å². The van der Waals surface area contributed by atoms with Crippen LogP contribution in [0, 0.1) is 5.92 Å². The summed E-state index contributed by atoms with van der Waals surface area (Å²) in [6, 6.07) is 7.92. The van der Waals surface area contributed by atoms with Gasteiger partial charge < -0.3 is 10.6 Å². The lowest BCUT2D eigenvalue weighted by Gasteiger charge is -2.27. The van der Waals surface area contributed by atoms with Crippen molar-refractivity contribution in [3.8, 4) is 0 Å². The van der Waals surface area contributed by atoms with Crippen LogP contribution in [-0.4, -0.2) is 31.3 Å². The SMILES string of the molecule is CCSCc1ccc(C(=O)NCC2CNC2)cc1. The molecular weight excluding hydrogens is 244 g/mol. The van der Waals surface area contributed by atoms with Crippen LogP contribution in [0.15, 0.2) is 24.3 Å². The van der Waals surface area contributed by atoms with Gasteiger partial charge in [0.2, 0.25) is 0 Å². The minimum absolute atomic E-state index is 0.0385. The highest BCUT2D eigenvalue weighted by Crippen LogP contribution is 2.12. The first-order chi connectivity index (χ1) is 8.79. The van der Waals surface area contributed by atoms with Gasteiger partial charge in [0.05, 0.1) is 0 Å². The first-order valence-corrected chi connectivity index (χ1v) is 7.60. The third kappa shape index (κ3) is 3.75. The Balaban J connectivity index is 1.81. The lowest BCUT2D eigenvalue weighted by molar-refractivity contribution is 0.0942. The van der Waals surface area contributed by atoms with Gasteiger partial charge in [-0.15, -0.1) is 0 Å². The fourth-order valence-electron chi connectivity index (χ4n) is 1.80. The molecule has 18 heavy (non-hydrogen) atoms.